The Kier molecular flexibility index (Phi) is 3.23. The Morgan fingerprint density at radius 3 is 2.71 bits per heavy atom. The van der Waals surface area contributed by atoms with Crippen LogP contribution in [0, 0.1) is 17.0 Å². The van der Waals surface area contributed by atoms with Gasteiger partial charge in [-0.25, -0.2) is 4.98 Å². The number of aromatic nitrogens is 1. The molecule has 1 fully saturated rings. The number of aliphatic hydroxyl groups is 1. The highest BCUT2D eigenvalue weighted by molar-refractivity contribution is 5.50. The van der Waals surface area contributed by atoms with Crippen molar-refractivity contribution in [2.45, 2.75) is 25.9 Å². The second-order valence-corrected chi connectivity index (χ2v) is 4.31. The highest BCUT2D eigenvalue weighted by atomic mass is 16.6. The van der Waals surface area contributed by atoms with E-state index >= 15 is 0 Å². The lowest BCUT2D eigenvalue weighted by molar-refractivity contribution is -0.385. The molecule has 0 amide bonds. The molecule has 0 atom stereocenters. The maximum absolute atomic E-state index is 10.6. The number of hydrogen-bond acceptors (Lipinski definition) is 5. The predicted molar refractivity (Wildman–Crippen MR) is 63.1 cm³/mol. The summed E-state index contributed by atoms with van der Waals surface area (Å²) in [7, 11) is 0. The first-order chi connectivity index (χ1) is 8.08. The van der Waals surface area contributed by atoms with Crippen molar-refractivity contribution >= 4 is 11.5 Å². The third-order valence-corrected chi connectivity index (χ3v) is 3.01. The largest absolute Gasteiger partial charge is 0.393 e. The Morgan fingerprint density at radius 2 is 2.18 bits per heavy atom. The van der Waals surface area contributed by atoms with E-state index < -0.39 is 4.92 Å². The van der Waals surface area contributed by atoms with Crippen LogP contribution in [0.15, 0.2) is 12.3 Å². The first-order valence-electron chi connectivity index (χ1n) is 5.62. The molecule has 0 aliphatic carbocycles. The second-order valence-electron chi connectivity index (χ2n) is 4.31. The minimum absolute atomic E-state index is 0.0169. The summed E-state index contributed by atoms with van der Waals surface area (Å²) < 4.78 is 0. The zero-order valence-electron chi connectivity index (χ0n) is 9.67. The first-order valence-corrected chi connectivity index (χ1v) is 5.62. The van der Waals surface area contributed by atoms with Crippen LogP contribution in [0.4, 0.5) is 11.5 Å². The number of anilines is 1. The van der Waals surface area contributed by atoms with Gasteiger partial charge in [0.15, 0.2) is 0 Å². The maximum Gasteiger partial charge on any atom is 0.287 e. The zero-order chi connectivity index (χ0) is 12.4. The molecule has 0 spiro atoms. The Hall–Kier alpha value is -1.69. The van der Waals surface area contributed by atoms with Gasteiger partial charge >= 0.3 is 0 Å². The van der Waals surface area contributed by atoms with Crippen molar-refractivity contribution in [2.24, 2.45) is 0 Å². The minimum atomic E-state index is -0.441. The van der Waals surface area contributed by atoms with E-state index in [0.29, 0.717) is 0 Å². The molecule has 1 saturated heterocycles. The van der Waals surface area contributed by atoms with Gasteiger partial charge in [0.1, 0.15) is 12.0 Å². The standard InChI is InChI=1S/C11H15N3O3/c1-8-6-9(14(16)17)7-12-11(8)13-4-2-10(15)3-5-13/h6-7,10,15H,2-5H2,1H3. The quantitative estimate of drug-likeness (QED) is 0.618. The third-order valence-electron chi connectivity index (χ3n) is 3.01. The van der Waals surface area contributed by atoms with Crippen LogP contribution in [0.1, 0.15) is 18.4 Å². The van der Waals surface area contributed by atoms with Crippen LogP contribution in [0.25, 0.3) is 0 Å². The van der Waals surface area contributed by atoms with Crippen molar-refractivity contribution in [2.75, 3.05) is 18.0 Å². The molecule has 92 valence electrons. The van der Waals surface area contributed by atoms with Crippen molar-refractivity contribution in [3.63, 3.8) is 0 Å². The molecule has 1 aromatic rings. The van der Waals surface area contributed by atoms with Gasteiger partial charge in [-0.3, -0.25) is 10.1 Å². The number of piperidine rings is 1. The summed E-state index contributed by atoms with van der Waals surface area (Å²) in [5.41, 5.74) is 0.818. The fourth-order valence-electron chi connectivity index (χ4n) is 2.06. The SMILES string of the molecule is Cc1cc([N+](=O)[O-])cnc1N1CCC(O)CC1. The van der Waals surface area contributed by atoms with Crippen LogP contribution < -0.4 is 4.90 Å². The lowest BCUT2D eigenvalue weighted by Gasteiger charge is -2.31. The van der Waals surface area contributed by atoms with Crippen molar-refractivity contribution < 1.29 is 10.0 Å². The molecule has 1 aliphatic rings. The average molecular weight is 237 g/mol. The Labute approximate surface area is 99.0 Å². The summed E-state index contributed by atoms with van der Waals surface area (Å²) in [4.78, 5) is 16.4. The lowest BCUT2D eigenvalue weighted by atomic mass is 10.1. The summed E-state index contributed by atoms with van der Waals surface area (Å²) in [6.45, 7) is 3.31. The van der Waals surface area contributed by atoms with Gasteiger partial charge in [0.25, 0.3) is 5.69 Å². The summed E-state index contributed by atoms with van der Waals surface area (Å²) in [6.07, 6.45) is 2.49. The zero-order valence-corrected chi connectivity index (χ0v) is 9.67. The van der Waals surface area contributed by atoms with Crippen molar-refractivity contribution in [1.29, 1.82) is 0 Å². The highest BCUT2D eigenvalue weighted by Gasteiger charge is 2.20. The number of nitro groups is 1. The monoisotopic (exact) mass is 237 g/mol. The first kappa shape index (κ1) is 11.8. The minimum Gasteiger partial charge on any atom is -0.393 e. The van der Waals surface area contributed by atoms with Gasteiger partial charge < -0.3 is 10.0 Å². The van der Waals surface area contributed by atoms with E-state index in [1.807, 2.05) is 6.92 Å². The summed E-state index contributed by atoms with van der Waals surface area (Å²) in [5.74, 6) is 0.780. The topological polar surface area (TPSA) is 79.5 Å². The number of aryl methyl sites for hydroxylation is 1. The fraction of sp³-hybridized carbons (Fsp3) is 0.545. The smallest absolute Gasteiger partial charge is 0.287 e. The molecule has 1 N–H and O–H groups in total. The number of nitrogens with zero attached hydrogens (tertiary/aromatic N) is 3. The molecule has 1 aromatic heterocycles. The normalized spacial score (nSPS) is 17.2. The molecule has 0 bridgehead atoms. The molecule has 6 heteroatoms. The molecular formula is C11H15N3O3. The molecular weight excluding hydrogens is 222 g/mol. The van der Waals surface area contributed by atoms with Crippen molar-refractivity contribution in [3.8, 4) is 0 Å². The molecule has 0 saturated carbocycles. The molecule has 1 aliphatic heterocycles. The van der Waals surface area contributed by atoms with Crippen LogP contribution in [-0.2, 0) is 0 Å². The van der Waals surface area contributed by atoms with Crippen LogP contribution in [0.5, 0.6) is 0 Å². The Balaban J connectivity index is 2.19. The lowest BCUT2D eigenvalue weighted by Crippen LogP contribution is -2.36. The van der Waals surface area contributed by atoms with Crippen molar-refractivity contribution in [3.05, 3.63) is 27.9 Å². The molecule has 2 rings (SSSR count). The van der Waals surface area contributed by atoms with E-state index in [0.717, 1.165) is 37.3 Å². The molecule has 0 unspecified atom stereocenters. The van der Waals surface area contributed by atoms with Crippen LogP contribution in [0.3, 0.4) is 0 Å². The number of rotatable bonds is 2. The summed E-state index contributed by atoms with van der Waals surface area (Å²) in [5, 5.41) is 20.0. The highest BCUT2D eigenvalue weighted by Crippen LogP contribution is 2.24. The molecule has 2 heterocycles. The van der Waals surface area contributed by atoms with Gasteiger partial charge in [-0.1, -0.05) is 0 Å². The molecule has 0 aromatic carbocycles. The van der Waals surface area contributed by atoms with E-state index in [1.54, 1.807) is 0 Å². The van der Waals surface area contributed by atoms with Gasteiger partial charge in [0, 0.05) is 19.2 Å². The van der Waals surface area contributed by atoms with Crippen LogP contribution in [0.2, 0.25) is 0 Å². The number of pyridine rings is 1. The average Bonchev–Trinajstić information content (AvgIpc) is 2.30. The fourth-order valence-corrected chi connectivity index (χ4v) is 2.06. The van der Waals surface area contributed by atoms with Crippen molar-refractivity contribution in [1.82, 2.24) is 4.98 Å². The van der Waals surface area contributed by atoms with Gasteiger partial charge in [0.05, 0.1) is 11.0 Å². The molecule has 17 heavy (non-hydrogen) atoms. The van der Waals surface area contributed by atoms with E-state index in [9.17, 15) is 15.2 Å². The van der Waals surface area contributed by atoms with Crippen LogP contribution in [-0.4, -0.2) is 34.2 Å². The van der Waals surface area contributed by atoms with Gasteiger partial charge in [-0.05, 0) is 25.3 Å². The molecule has 6 nitrogen and oxygen atoms in total. The van der Waals surface area contributed by atoms with Gasteiger partial charge in [0.2, 0.25) is 0 Å². The van der Waals surface area contributed by atoms with Gasteiger partial charge in [-0.2, -0.15) is 0 Å². The van der Waals surface area contributed by atoms with E-state index in [-0.39, 0.29) is 11.8 Å². The summed E-state index contributed by atoms with van der Waals surface area (Å²) in [6, 6.07) is 1.54. The second kappa shape index (κ2) is 4.67. The Bertz CT molecular complexity index is 428. The van der Waals surface area contributed by atoms with E-state index in [1.165, 1.54) is 12.3 Å². The maximum atomic E-state index is 10.6. The number of hydrogen-bond donors (Lipinski definition) is 1. The molecule has 0 radical (unpaired) electrons. The van der Waals surface area contributed by atoms with Crippen LogP contribution >= 0.6 is 0 Å². The third kappa shape index (κ3) is 2.52. The predicted octanol–water partition coefficient (Wildman–Crippen LogP) is 1.26. The number of aliphatic hydroxyl groups excluding tert-OH is 1. The summed E-state index contributed by atoms with van der Waals surface area (Å²) >= 11 is 0. The van der Waals surface area contributed by atoms with E-state index in [2.05, 4.69) is 9.88 Å². The Morgan fingerprint density at radius 1 is 1.53 bits per heavy atom. The van der Waals surface area contributed by atoms with Gasteiger partial charge in [-0.15, -0.1) is 0 Å². The van der Waals surface area contributed by atoms with E-state index in [4.69, 9.17) is 0 Å².